The lowest BCUT2D eigenvalue weighted by Gasteiger charge is -2.25. The molecule has 0 aliphatic rings. The van der Waals surface area contributed by atoms with E-state index in [0.717, 1.165) is 19.4 Å². The number of aliphatic hydroxyl groups excluding tert-OH is 5. The minimum atomic E-state index is -1.58. The van der Waals surface area contributed by atoms with Crippen LogP contribution in [-0.2, 0) is 4.74 Å². The predicted octanol–water partition coefficient (Wildman–Crippen LogP) is 1.34. The molecular formula is C21H45NO6. The Kier molecular flexibility index (Phi) is 19.8. The van der Waals surface area contributed by atoms with Gasteiger partial charge in [0.25, 0.3) is 0 Å². The number of nitrogens with one attached hydrogen (secondary N) is 1. The van der Waals surface area contributed by atoms with Crippen LogP contribution in [0.4, 0.5) is 0 Å². The van der Waals surface area contributed by atoms with Crippen LogP contribution < -0.4 is 5.32 Å². The fourth-order valence-electron chi connectivity index (χ4n) is 3.03. The molecule has 6 N–H and O–H groups in total. The molecule has 0 amide bonds. The molecule has 0 saturated heterocycles. The summed E-state index contributed by atoms with van der Waals surface area (Å²) < 4.78 is 5.59. The Morgan fingerprint density at radius 3 is 1.75 bits per heavy atom. The van der Waals surface area contributed by atoms with Gasteiger partial charge in [0.15, 0.2) is 0 Å². The third-order valence-electron chi connectivity index (χ3n) is 4.96. The van der Waals surface area contributed by atoms with Crippen molar-refractivity contribution in [2.75, 3.05) is 32.9 Å². The molecule has 170 valence electrons. The third kappa shape index (κ3) is 15.6. The molecular weight excluding hydrogens is 362 g/mol. The van der Waals surface area contributed by atoms with Crippen molar-refractivity contribution in [3.05, 3.63) is 0 Å². The second kappa shape index (κ2) is 20.0. The first-order valence-corrected chi connectivity index (χ1v) is 11.2. The first-order chi connectivity index (χ1) is 13.5. The number of hydrogen-bond donors (Lipinski definition) is 6. The van der Waals surface area contributed by atoms with Crippen molar-refractivity contribution in [2.45, 2.75) is 102 Å². The zero-order valence-electron chi connectivity index (χ0n) is 17.8. The van der Waals surface area contributed by atoms with Gasteiger partial charge in [0.2, 0.25) is 0 Å². The summed E-state index contributed by atoms with van der Waals surface area (Å²) in [4.78, 5) is 0. The summed E-state index contributed by atoms with van der Waals surface area (Å²) in [6, 6.07) is 0. The number of aliphatic hydroxyl groups is 5. The van der Waals surface area contributed by atoms with Crippen LogP contribution in [0.1, 0.15) is 77.6 Å². The van der Waals surface area contributed by atoms with E-state index in [1.165, 1.54) is 57.8 Å². The molecule has 0 rings (SSSR count). The van der Waals surface area contributed by atoms with E-state index in [2.05, 4.69) is 12.2 Å². The molecule has 0 heterocycles. The monoisotopic (exact) mass is 407 g/mol. The Labute approximate surface area is 171 Å². The Morgan fingerprint density at radius 2 is 1.18 bits per heavy atom. The summed E-state index contributed by atoms with van der Waals surface area (Å²) in [6.45, 7) is 3.72. The number of hydrogen-bond acceptors (Lipinski definition) is 7. The zero-order valence-corrected chi connectivity index (χ0v) is 17.8. The maximum Gasteiger partial charge on any atom is 0.111 e. The summed E-state index contributed by atoms with van der Waals surface area (Å²) >= 11 is 0. The second-order valence-electron chi connectivity index (χ2n) is 7.65. The molecule has 0 aromatic rings. The lowest BCUT2D eigenvalue weighted by atomic mass is 10.0. The molecule has 0 aliphatic heterocycles. The number of rotatable bonds is 21. The summed E-state index contributed by atoms with van der Waals surface area (Å²) in [5, 5.41) is 49.9. The Bertz CT molecular complexity index is 321. The largest absolute Gasteiger partial charge is 0.394 e. The van der Waals surface area contributed by atoms with E-state index in [0.29, 0.717) is 13.2 Å². The molecule has 7 nitrogen and oxygen atoms in total. The van der Waals surface area contributed by atoms with Crippen LogP contribution in [0.2, 0.25) is 0 Å². The van der Waals surface area contributed by atoms with Gasteiger partial charge in [0, 0.05) is 19.8 Å². The van der Waals surface area contributed by atoms with Crippen molar-refractivity contribution in [2.24, 2.45) is 0 Å². The molecule has 0 spiro atoms. The van der Waals surface area contributed by atoms with Gasteiger partial charge >= 0.3 is 0 Å². The molecule has 28 heavy (non-hydrogen) atoms. The van der Waals surface area contributed by atoms with Gasteiger partial charge in [-0.1, -0.05) is 64.7 Å². The molecule has 0 fully saturated rings. The summed E-state index contributed by atoms with van der Waals surface area (Å²) in [6.07, 6.45) is 8.11. The van der Waals surface area contributed by atoms with Crippen molar-refractivity contribution >= 4 is 0 Å². The third-order valence-corrected chi connectivity index (χ3v) is 4.96. The van der Waals surface area contributed by atoms with Crippen molar-refractivity contribution in [1.82, 2.24) is 5.32 Å². The molecule has 0 aromatic heterocycles. The quantitative estimate of drug-likeness (QED) is 0.159. The average molecular weight is 408 g/mol. The highest BCUT2D eigenvalue weighted by molar-refractivity contribution is 4.81. The van der Waals surface area contributed by atoms with Gasteiger partial charge in [-0.05, 0) is 19.4 Å². The van der Waals surface area contributed by atoms with Crippen LogP contribution in [0.25, 0.3) is 0 Å². The fraction of sp³-hybridized carbons (Fsp3) is 1.00. The van der Waals surface area contributed by atoms with Crippen LogP contribution in [0, 0.1) is 0 Å². The van der Waals surface area contributed by atoms with E-state index in [9.17, 15) is 20.4 Å². The summed E-state index contributed by atoms with van der Waals surface area (Å²) in [5.74, 6) is 0. The van der Waals surface area contributed by atoms with Crippen LogP contribution in [0.3, 0.4) is 0 Å². The van der Waals surface area contributed by atoms with E-state index in [1.54, 1.807) is 0 Å². The van der Waals surface area contributed by atoms with Gasteiger partial charge in [-0.2, -0.15) is 0 Å². The van der Waals surface area contributed by atoms with E-state index < -0.39 is 31.0 Å². The highest BCUT2D eigenvalue weighted by Crippen LogP contribution is 2.10. The highest BCUT2D eigenvalue weighted by atomic mass is 16.5. The van der Waals surface area contributed by atoms with Crippen LogP contribution in [-0.4, -0.2) is 82.9 Å². The van der Waals surface area contributed by atoms with Crippen LogP contribution in [0.5, 0.6) is 0 Å². The molecule has 0 unspecified atom stereocenters. The predicted molar refractivity (Wildman–Crippen MR) is 111 cm³/mol. The van der Waals surface area contributed by atoms with Crippen LogP contribution in [0.15, 0.2) is 0 Å². The van der Waals surface area contributed by atoms with Gasteiger partial charge in [-0.15, -0.1) is 0 Å². The van der Waals surface area contributed by atoms with Gasteiger partial charge < -0.3 is 35.6 Å². The van der Waals surface area contributed by atoms with E-state index >= 15 is 0 Å². The topological polar surface area (TPSA) is 122 Å². The lowest BCUT2D eigenvalue weighted by Crippen LogP contribution is -2.49. The molecule has 7 heteroatoms. The Balaban J connectivity index is 3.33. The number of unbranched alkanes of at least 4 members (excludes halogenated alkanes) is 9. The minimum Gasteiger partial charge on any atom is -0.394 e. The lowest BCUT2D eigenvalue weighted by molar-refractivity contribution is -0.113. The maximum atomic E-state index is 9.75. The molecule has 4 atom stereocenters. The summed E-state index contributed by atoms with van der Waals surface area (Å²) in [5.41, 5.74) is 0. The average Bonchev–Trinajstić information content (AvgIpc) is 2.71. The molecule has 0 aromatic carbocycles. The molecule has 0 aliphatic carbocycles. The summed E-state index contributed by atoms with van der Waals surface area (Å²) in [7, 11) is 0. The number of ether oxygens (including phenoxy) is 1. The Morgan fingerprint density at radius 1 is 0.679 bits per heavy atom. The maximum absolute atomic E-state index is 9.75. The minimum absolute atomic E-state index is 0.0921. The first-order valence-electron chi connectivity index (χ1n) is 11.2. The molecule has 0 bridgehead atoms. The van der Waals surface area contributed by atoms with Crippen molar-refractivity contribution in [3.63, 3.8) is 0 Å². The van der Waals surface area contributed by atoms with Crippen molar-refractivity contribution in [1.29, 1.82) is 0 Å². The standard InChI is InChI=1S/C21H45NO6/c1-2-3-4-5-6-7-8-9-10-11-14-28-15-12-13-22-16-18(24)20(26)21(27)19(25)17-23/h18-27H,2-17H2,1H3/t18-,19+,20+,21+/m0/s1. The van der Waals surface area contributed by atoms with Gasteiger partial charge in [0.05, 0.1) is 12.7 Å². The highest BCUT2D eigenvalue weighted by Gasteiger charge is 2.29. The van der Waals surface area contributed by atoms with Crippen LogP contribution >= 0.6 is 0 Å². The smallest absolute Gasteiger partial charge is 0.111 e. The molecule has 0 saturated carbocycles. The van der Waals surface area contributed by atoms with E-state index in [1.807, 2.05) is 0 Å². The van der Waals surface area contributed by atoms with Gasteiger partial charge in [0.1, 0.15) is 18.3 Å². The van der Waals surface area contributed by atoms with Crippen molar-refractivity contribution in [3.8, 4) is 0 Å². The SMILES string of the molecule is CCCCCCCCCCCCOCCCNC[C@H](O)[C@@H](O)[C@H](O)[C@H](O)CO. The van der Waals surface area contributed by atoms with Crippen molar-refractivity contribution < 1.29 is 30.3 Å². The second-order valence-corrected chi connectivity index (χ2v) is 7.65. The zero-order chi connectivity index (χ0) is 21.0. The fourth-order valence-corrected chi connectivity index (χ4v) is 3.03. The first kappa shape index (κ1) is 27.7. The Hall–Kier alpha value is -0.280. The van der Waals surface area contributed by atoms with Gasteiger partial charge in [-0.3, -0.25) is 0 Å². The normalized spacial score (nSPS) is 16.1. The van der Waals surface area contributed by atoms with E-state index in [4.69, 9.17) is 9.84 Å². The van der Waals surface area contributed by atoms with E-state index in [-0.39, 0.29) is 6.54 Å². The molecule has 0 radical (unpaired) electrons. The van der Waals surface area contributed by atoms with Gasteiger partial charge in [-0.25, -0.2) is 0 Å².